The van der Waals surface area contributed by atoms with Gasteiger partial charge in [0.2, 0.25) is 5.91 Å². The second-order valence-electron chi connectivity index (χ2n) is 5.26. The molecule has 0 radical (unpaired) electrons. The minimum Gasteiger partial charge on any atom is -0.325 e. The number of amides is 1. The highest BCUT2D eigenvalue weighted by Crippen LogP contribution is 2.14. The lowest BCUT2D eigenvalue weighted by Gasteiger charge is -2.07. The van der Waals surface area contributed by atoms with E-state index in [4.69, 9.17) is 11.6 Å². The van der Waals surface area contributed by atoms with Gasteiger partial charge < -0.3 is 5.32 Å². The molecule has 0 atom stereocenters. The Kier molecular flexibility index (Phi) is 5.80. The minimum absolute atomic E-state index is 0.213. The number of hydrogen-bond acceptors (Lipinski definition) is 3. The summed E-state index contributed by atoms with van der Waals surface area (Å²) in [5.74, 6) is -1.32. The highest BCUT2D eigenvalue weighted by molar-refractivity contribution is 7.91. The monoisotopic (exact) mass is 351 g/mol. The zero-order valence-corrected chi connectivity index (χ0v) is 14.3. The smallest absolute Gasteiger partial charge is 0.239 e. The van der Waals surface area contributed by atoms with Gasteiger partial charge in [0.15, 0.2) is 9.84 Å². The minimum atomic E-state index is -3.55. The molecular weight excluding hydrogens is 334 g/mol. The summed E-state index contributed by atoms with van der Waals surface area (Å²) in [6.07, 6.45) is 0.905. The molecule has 2 aromatic carbocycles. The van der Waals surface area contributed by atoms with E-state index in [1.165, 1.54) is 0 Å². The number of hydrogen-bond donors (Lipinski definition) is 1. The molecule has 0 saturated heterocycles. The third-order valence-electron chi connectivity index (χ3n) is 3.27. The van der Waals surface area contributed by atoms with Gasteiger partial charge in [0.05, 0.1) is 5.75 Å². The van der Waals surface area contributed by atoms with E-state index in [0.717, 1.165) is 12.0 Å². The third kappa shape index (κ3) is 5.69. The first-order valence-corrected chi connectivity index (χ1v) is 9.41. The molecule has 0 unspecified atom stereocenters. The lowest BCUT2D eigenvalue weighted by Crippen LogP contribution is -2.23. The Morgan fingerprint density at radius 3 is 2.39 bits per heavy atom. The number of halogens is 1. The van der Waals surface area contributed by atoms with Crippen molar-refractivity contribution in [3.63, 3.8) is 0 Å². The van der Waals surface area contributed by atoms with Crippen molar-refractivity contribution < 1.29 is 13.2 Å². The number of nitrogens with one attached hydrogen (secondary N) is 1. The predicted molar refractivity (Wildman–Crippen MR) is 93.4 cm³/mol. The average molecular weight is 352 g/mol. The Morgan fingerprint density at radius 1 is 1.09 bits per heavy atom. The van der Waals surface area contributed by atoms with Crippen LogP contribution in [0.4, 0.5) is 5.69 Å². The van der Waals surface area contributed by atoms with E-state index < -0.39 is 21.5 Å². The highest BCUT2D eigenvalue weighted by Gasteiger charge is 2.17. The zero-order chi connectivity index (χ0) is 16.9. The van der Waals surface area contributed by atoms with E-state index in [1.54, 1.807) is 36.4 Å². The molecule has 0 saturated carbocycles. The number of anilines is 1. The number of aryl methyl sites for hydroxylation is 1. The third-order valence-corrected chi connectivity index (χ3v) is 4.98. The van der Waals surface area contributed by atoms with Crippen LogP contribution in [0.15, 0.2) is 48.5 Å². The molecule has 6 heteroatoms. The van der Waals surface area contributed by atoms with Gasteiger partial charge in [-0.2, -0.15) is 0 Å². The Hall–Kier alpha value is -1.85. The summed E-state index contributed by atoms with van der Waals surface area (Å²) in [4.78, 5) is 11.9. The van der Waals surface area contributed by atoms with Crippen molar-refractivity contribution in [3.05, 3.63) is 64.7 Å². The fourth-order valence-corrected chi connectivity index (χ4v) is 3.63. The lowest BCUT2D eigenvalue weighted by molar-refractivity contribution is -0.113. The molecule has 4 nitrogen and oxygen atoms in total. The summed E-state index contributed by atoms with van der Waals surface area (Å²) in [6, 6.07) is 13.9. The number of rotatable bonds is 6. The Labute approximate surface area is 141 Å². The molecule has 122 valence electrons. The first-order chi connectivity index (χ1) is 10.9. The van der Waals surface area contributed by atoms with Crippen LogP contribution in [0.1, 0.15) is 18.1 Å². The van der Waals surface area contributed by atoms with Gasteiger partial charge in [-0.15, -0.1) is 0 Å². The van der Waals surface area contributed by atoms with Crippen LogP contribution in [0.5, 0.6) is 0 Å². The largest absolute Gasteiger partial charge is 0.325 e. The Bertz CT molecular complexity index is 786. The zero-order valence-electron chi connectivity index (χ0n) is 12.8. The maximum absolute atomic E-state index is 12.1. The van der Waals surface area contributed by atoms with Crippen LogP contribution in [0.2, 0.25) is 5.02 Å². The van der Waals surface area contributed by atoms with E-state index in [-0.39, 0.29) is 5.75 Å². The standard InChI is InChI=1S/C17H18ClNO3S/c1-2-13-6-8-16(9-7-13)19-17(20)12-23(21,22)11-14-4-3-5-15(18)10-14/h3-10H,2,11-12H2,1H3,(H,19,20). The quantitative estimate of drug-likeness (QED) is 0.866. The van der Waals surface area contributed by atoms with Crippen molar-refractivity contribution >= 4 is 33.0 Å². The van der Waals surface area contributed by atoms with Gasteiger partial charge in [0.1, 0.15) is 5.75 Å². The second-order valence-corrected chi connectivity index (χ2v) is 7.76. The Morgan fingerprint density at radius 2 is 1.78 bits per heavy atom. The maximum Gasteiger partial charge on any atom is 0.239 e. The fraction of sp³-hybridized carbons (Fsp3) is 0.235. The molecule has 2 rings (SSSR count). The summed E-state index contributed by atoms with van der Waals surface area (Å²) in [5, 5.41) is 3.07. The van der Waals surface area contributed by atoms with Gasteiger partial charge in [-0.3, -0.25) is 4.79 Å². The number of benzene rings is 2. The van der Waals surface area contributed by atoms with Crippen LogP contribution >= 0.6 is 11.6 Å². The molecular formula is C17H18ClNO3S. The lowest BCUT2D eigenvalue weighted by atomic mass is 10.1. The van der Waals surface area contributed by atoms with Crippen LogP contribution in [0.25, 0.3) is 0 Å². The summed E-state index contributed by atoms with van der Waals surface area (Å²) >= 11 is 5.84. The summed E-state index contributed by atoms with van der Waals surface area (Å²) in [7, 11) is -3.55. The number of carbonyl (C=O) groups excluding carboxylic acids is 1. The molecule has 0 aliphatic rings. The molecule has 0 heterocycles. The summed E-state index contributed by atoms with van der Waals surface area (Å²) < 4.78 is 24.2. The van der Waals surface area contributed by atoms with Crippen LogP contribution in [-0.4, -0.2) is 20.1 Å². The first-order valence-electron chi connectivity index (χ1n) is 7.21. The SMILES string of the molecule is CCc1ccc(NC(=O)CS(=O)(=O)Cc2cccc(Cl)c2)cc1. The van der Waals surface area contributed by atoms with Gasteiger partial charge >= 0.3 is 0 Å². The molecule has 0 fully saturated rings. The van der Waals surface area contributed by atoms with E-state index in [1.807, 2.05) is 19.1 Å². The second kappa shape index (κ2) is 7.62. The molecule has 1 N–H and O–H groups in total. The first kappa shape index (κ1) is 17.5. The van der Waals surface area contributed by atoms with Crippen molar-refractivity contribution in [2.45, 2.75) is 19.1 Å². The van der Waals surface area contributed by atoms with Crippen molar-refractivity contribution in [3.8, 4) is 0 Å². The van der Waals surface area contributed by atoms with Crippen LogP contribution in [-0.2, 0) is 26.8 Å². The maximum atomic E-state index is 12.1. The van der Waals surface area contributed by atoms with Crippen molar-refractivity contribution in [2.24, 2.45) is 0 Å². The van der Waals surface area contributed by atoms with Gasteiger partial charge in [0.25, 0.3) is 0 Å². The number of carbonyl (C=O) groups is 1. The van der Waals surface area contributed by atoms with E-state index in [2.05, 4.69) is 5.32 Å². The van der Waals surface area contributed by atoms with E-state index in [9.17, 15) is 13.2 Å². The predicted octanol–water partition coefficient (Wildman–Crippen LogP) is 3.46. The van der Waals surface area contributed by atoms with E-state index in [0.29, 0.717) is 16.3 Å². The molecule has 1 amide bonds. The molecule has 0 aliphatic heterocycles. The molecule has 23 heavy (non-hydrogen) atoms. The van der Waals surface area contributed by atoms with Crippen LogP contribution < -0.4 is 5.32 Å². The molecule has 0 bridgehead atoms. The molecule has 0 spiro atoms. The van der Waals surface area contributed by atoms with Crippen molar-refractivity contribution in [1.82, 2.24) is 0 Å². The summed E-state index contributed by atoms with van der Waals surface area (Å²) in [6.45, 7) is 2.04. The van der Waals surface area contributed by atoms with Crippen LogP contribution in [0.3, 0.4) is 0 Å². The Balaban J connectivity index is 1.97. The molecule has 0 aliphatic carbocycles. The average Bonchev–Trinajstić information content (AvgIpc) is 2.46. The van der Waals surface area contributed by atoms with Gasteiger partial charge in [-0.05, 0) is 41.8 Å². The topological polar surface area (TPSA) is 63.2 Å². The van der Waals surface area contributed by atoms with Crippen molar-refractivity contribution in [1.29, 1.82) is 0 Å². The van der Waals surface area contributed by atoms with Gasteiger partial charge in [0, 0.05) is 10.7 Å². The van der Waals surface area contributed by atoms with Crippen molar-refractivity contribution in [2.75, 3.05) is 11.1 Å². The van der Waals surface area contributed by atoms with E-state index >= 15 is 0 Å². The van der Waals surface area contributed by atoms with Crippen LogP contribution in [0, 0.1) is 0 Å². The van der Waals surface area contributed by atoms with Gasteiger partial charge in [-0.1, -0.05) is 42.8 Å². The molecule has 2 aromatic rings. The van der Waals surface area contributed by atoms with Gasteiger partial charge in [-0.25, -0.2) is 8.42 Å². The molecule has 0 aromatic heterocycles. The number of sulfone groups is 1. The highest BCUT2D eigenvalue weighted by atomic mass is 35.5. The normalized spacial score (nSPS) is 11.2. The summed E-state index contributed by atoms with van der Waals surface area (Å²) in [5.41, 5.74) is 2.30. The fourth-order valence-electron chi connectivity index (χ4n) is 2.15.